The summed E-state index contributed by atoms with van der Waals surface area (Å²) in [6.45, 7) is 0.719. The molecule has 2 saturated heterocycles. The molecule has 0 aliphatic carbocycles. The summed E-state index contributed by atoms with van der Waals surface area (Å²) in [7, 11) is 0. The van der Waals surface area contributed by atoms with E-state index in [0.29, 0.717) is 13.0 Å². The molecule has 2 fully saturated rings. The quantitative estimate of drug-likeness (QED) is 0.295. The van der Waals surface area contributed by atoms with Gasteiger partial charge in [0.2, 0.25) is 0 Å². The van der Waals surface area contributed by atoms with Crippen molar-refractivity contribution in [2.45, 2.75) is 43.0 Å². The summed E-state index contributed by atoms with van der Waals surface area (Å²) in [5.74, 6) is 0. The second kappa shape index (κ2) is 3.97. The summed E-state index contributed by atoms with van der Waals surface area (Å²) in [6, 6.07) is -0.688. The van der Waals surface area contributed by atoms with E-state index < -0.39 is 36.6 Å². The van der Waals surface area contributed by atoms with Crippen LogP contribution < -0.4 is 0 Å². The van der Waals surface area contributed by atoms with E-state index in [4.69, 9.17) is 0 Å². The molecule has 2 rings (SSSR count). The Hall–Kier alpha value is -0.240. The molecule has 15 heavy (non-hydrogen) atoms. The molecule has 2 aliphatic heterocycles. The van der Waals surface area contributed by atoms with Gasteiger partial charge in [-0.15, -0.1) is 0 Å². The van der Waals surface area contributed by atoms with Crippen LogP contribution in [-0.4, -0.2) is 80.1 Å². The van der Waals surface area contributed by atoms with Gasteiger partial charge in [-0.05, 0) is 6.42 Å². The van der Waals surface area contributed by atoms with Crippen LogP contribution >= 0.6 is 0 Å². The summed E-state index contributed by atoms with van der Waals surface area (Å²) in [4.78, 5) is 1.71. The van der Waals surface area contributed by atoms with E-state index in [9.17, 15) is 25.5 Å². The fourth-order valence-electron chi connectivity index (χ4n) is 2.47. The number of fused-ring (bicyclic) bond motifs is 1. The largest absolute Gasteiger partial charge is 0.390 e. The molecule has 6 nitrogen and oxygen atoms in total. The lowest BCUT2D eigenvalue weighted by Gasteiger charge is -2.49. The van der Waals surface area contributed by atoms with Gasteiger partial charge in [-0.1, -0.05) is 0 Å². The maximum Gasteiger partial charge on any atom is 0.109 e. The smallest absolute Gasteiger partial charge is 0.109 e. The Morgan fingerprint density at radius 3 is 2.13 bits per heavy atom. The molecule has 0 aromatic carbocycles. The lowest BCUT2D eigenvalue weighted by molar-refractivity contribution is -0.189. The van der Waals surface area contributed by atoms with Crippen LogP contribution in [0.3, 0.4) is 0 Å². The average molecular weight is 219 g/mol. The zero-order valence-electron chi connectivity index (χ0n) is 8.27. The highest BCUT2D eigenvalue weighted by atomic mass is 16.4. The zero-order chi connectivity index (χ0) is 11.2. The maximum absolute atomic E-state index is 9.71. The summed E-state index contributed by atoms with van der Waals surface area (Å²) < 4.78 is 0. The molecule has 6 atom stereocenters. The van der Waals surface area contributed by atoms with Gasteiger partial charge in [-0.3, -0.25) is 4.90 Å². The molecule has 2 aliphatic rings. The van der Waals surface area contributed by atoms with Crippen LogP contribution in [0.1, 0.15) is 6.42 Å². The van der Waals surface area contributed by atoms with Crippen molar-refractivity contribution in [2.24, 2.45) is 0 Å². The zero-order valence-corrected chi connectivity index (χ0v) is 8.27. The van der Waals surface area contributed by atoms with Gasteiger partial charge >= 0.3 is 0 Å². The van der Waals surface area contributed by atoms with E-state index in [0.717, 1.165) is 0 Å². The molecule has 0 aromatic rings. The SMILES string of the molecule is O[C@@H]1[C@@H](O)[C@H](O)CN2CC[C@@H](O)[C@@H](O)[C@H]12. The summed E-state index contributed by atoms with van der Waals surface area (Å²) in [5.41, 5.74) is 0. The van der Waals surface area contributed by atoms with E-state index in [2.05, 4.69) is 0 Å². The van der Waals surface area contributed by atoms with E-state index >= 15 is 0 Å². The van der Waals surface area contributed by atoms with Crippen molar-refractivity contribution >= 4 is 0 Å². The molecule has 0 spiro atoms. The van der Waals surface area contributed by atoms with Crippen LogP contribution in [0.4, 0.5) is 0 Å². The first kappa shape index (κ1) is 11.3. The molecule has 0 radical (unpaired) electrons. The second-order valence-corrected chi connectivity index (χ2v) is 4.38. The number of aliphatic hydroxyl groups is 5. The number of piperidine rings is 2. The normalized spacial score (nSPS) is 52.6. The number of hydrogen-bond donors (Lipinski definition) is 5. The van der Waals surface area contributed by atoms with Gasteiger partial charge < -0.3 is 25.5 Å². The third-order valence-electron chi connectivity index (χ3n) is 3.39. The molecule has 5 N–H and O–H groups in total. The Labute approximate surface area is 87.4 Å². The highest BCUT2D eigenvalue weighted by Gasteiger charge is 2.48. The Balaban J connectivity index is 2.16. The Kier molecular flexibility index (Phi) is 2.98. The molecule has 88 valence electrons. The van der Waals surface area contributed by atoms with Crippen molar-refractivity contribution in [3.05, 3.63) is 0 Å². The lowest BCUT2D eigenvalue weighted by atomic mass is 9.84. The van der Waals surface area contributed by atoms with Crippen LogP contribution in [-0.2, 0) is 0 Å². The minimum Gasteiger partial charge on any atom is -0.390 e. The first-order valence-corrected chi connectivity index (χ1v) is 5.16. The van der Waals surface area contributed by atoms with Crippen LogP contribution in [0.5, 0.6) is 0 Å². The summed E-state index contributed by atoms with van der Waals surface area (Å²) in [6.07, 6.45) is -5.02. The fraction of sp³-hybridized carbons (Fsp3) is 1.00. The minimum atomic E-state index is -1.26. The van der Waals surface area contributed by atoms with Crippen LogP contribution in [0.25, 0.3) is 0 Å². The molecular weight excluding hydrogens is 202 g/mol. The predicted molar refractivity (Wildman–Crippen MR) is 50.0 cm³/mol. The third-order valence-corrected chi connectivity index (χ3v) is 3.39. The standard InChI is InChI=1S/C9H17NO5/c11-4-1-2-10-3-5(12)8(14)9(15)6(10)7(4)13/h4-9,11-15H,1-3H2/t4-,5-,6-,7-,8+,9+/m1/s1. The van der Waals surface area contributed by atoms with Crippen molar-refractivity contribution in [3.8, 4) is 0 Å². The topological polar surface area (TPSA) is 104 Å². The molecule has 2 heterocycles. The van der Waals surface area contributed by atoms with Crippen molar-refractivity contribution in [3.63, 3.8) is 0 Å². The highest BCUT2D eigenvalue weighted by molar-refractivity contribution is 5.02. The molecule has 0 amide bonds. The maximum atomic E-state index is 9.71. The average Bonchev–Trinajstić information content (AvgIpc) is 2.20. The van der Waals surface area contributed by atoms with Gasteiger partial charge in [0.05, 0.1) is 24.4 Å². The van der Waals surface area contributed by atoms with Gasteiger partial charge in [0.15, 0.2) is 0 Å². The van der Waals surface area contributed by atoms with Gasteiger partial charge in [0.1, 0.15) is 12.2 Å². The summed E-state index contributed by atoms with van der Waals surface area (Å²) >= 11 is 0. The van der Waals surface area contributed by atoms with Gasteiger partial charge in [0, 0.05) is 13.1 Å². The van der Waals surface area contributed by atoms with Crippen molar-refractivity contribution in [2.75, 3.05) is 13.1 Å². The Bertz CT molecular complexity index is 237. The number of rotatable bonds is 0. The number of nitrogens with zero attached hydrogens (tertiary/aromatic N) is 1. The Morgan fingerprint density at radius 1 is 0.800 bits per heavy atom. The van der Waals surface area contributed by atoms with E-state index in [-0.39, 0.29) is 6.54 Å². The monoisotopic (exact) mass is 219 g/mol. The third kappa shape index (κ3) is 1.77. The van der Waals surface area contributed by atoms with Crippen molar-refractivity contribution in [1.82, 2.24) is 4.90 Å². The molecule has 6 heteroatoms. The molecule has 0 saturated carbocycles. The van der Waals surface area contributed by atoms with E-state index in [1.807, 2.05) is 0 Å². The van der Waals surface area contributed by atoms with Gasteiger partial charge in [0.25, 0.3) is 0 Å². The first-order valence-electron chi connectivity index (χ1n) is 5.16. The lowest BCUT2D eigenvalue weighted by Crippen LogP contribution is -2.69. The minimum absolute atomic E-state index is 0.215. The number of aliphatic hydroxyl groups excluding tert-OH is 5. The molecule has 0 aromatic heterocycles. The first-order chi connectivity index (χ1) is 7.02. The van der Waals surface area contributed by atoms with E-state index in [1.165, 1.54) is 0 Å². The molecule has 0 unspecified atom stereocenters. The van der Waals surface area contributed by atoms with Crippen molar-refractivity contribution in [1.29, 1.82) is 0 Å². The molecule has 0 bridgehead atoms. The van der Waals surface area contributed by atoms with Crippen molar-refractivity contribution < 1.29 is 25.5 Å². The highest BCUT2D eigenvalue weighted by Crippen LogP contribution is 2.27. The van der Waals surface area contributed by atoms with Crippen LogP contribution in [0.2, 0.25) is 0 Å². The van der Waals surface area contributed by atoms with Gasteiger partial charge in [-0.2, -0.15) is 0 Å². The second-order valence-electron chi connectivity index (χ2n) is 4.38. The number of hydrogen-bond acceptors (Lipinski definition) is 6. The molecular formula is C9H17NO5. The summed E-state index contributed by atoms with van der Waals surface area (Å²) in [5, 5.41) is 47.8. The van der Waals surface area contributed by atoms with Crippen LogP contribution in [0.15, 0.2) is 0 Å². The van der Waals surface area contributed by atoms with Gasteiger partial charge in [-0.25, -0.2) is 0 Å². The van der Waals surface area contributed by atoms with E-state index in [1.54, 1.807) is 4.90 Å². The Morgan fingerprint density at radius 2 is 1.47 bits per heavy atom. The predicted octanol–water partition coefficient (Wildman–Crippen LogP) is -3.12. The fourth-order valence-corrected chi connectivity index (χ4v) is 2.47. The van der Waals surface area contributed by atoms with Crippen LogP contribution in [0, 0.1) is 0 Å².